The van der Waals surface area contributed by atoms with Gasteiger partial charge in [0.1, 0.15) is 6.04 Å². The molecule has 4 aliphatic rings. The first-order valence-corrected chi connectivity index (χ1v) is 17.4. The summed E-state index contributed by atoms with van der Waals surface area (Å²) in [7, 11) is 0. The van der Waals surface area contributed by atoms with Crippen LogP contribution >= 0.6 is 0 Å². The van der Waals surface area contributed by atoms with Crippen molar-refractivity contribution in [2.45, 2.75) is 69.9 Å². The molecular formula is C38H50N4O4. The number of amides is 3. The van der Waals surface area contributed by atoms with Crippen molar-refractivity contribution in [3.05, 3.63) is 83.9 Å². The first-order chi connectivity index (χ1) is 22.5. The van der Waals surface area contributed by atoms with E-state index in [1.54, 1.807) is 0 Å². The number of hydrogen-bond donors (Lipinski definition) is 2. The maximum Gasteiger partial charge on any atom is 0.243 e. The van der Waals surface area contributed by atoms with Gasteiger partial charge in [0.25, 0.3) is 0 Å². The third-order valence-corrected chi connectivity index (χ3v) is 10.8. The summed E-state index contributed by atoms with van der Waals surface area (Å²) in [5.74, 6) is 0.866. The van der Waals surface area contributed by atoms with Crippen molar-refractivity contribution in [3.63, 3.8) is 0 Å². The number of piperidine rings is 2. The van der Waals surface area contributed by atoms with Gasteiger partial charge in [-0.3, -0.25) is 19.3 Å². The third kappa shape index (κ3) is 8.26. The van der Waals surface area contributed by atoms with E-state index in [0.29, 0.717) is 51.4 Å². The second-order valence-electron chi connectivity index (χ2n) is 13.9. The second-order valence-corrected chi connectivity index (χ2v) is 13.9. The van der Waals surface area contributed by atoms with Crippen LogP contribution in [-0.4, -0.2) is 85.5 Å². The zero-order valence-corrected chi connectivity index (χ0v) is 27.1. The monoisotopic (exact) mass is 626 g/mol. The molecule has 3 amide bonds. The number of benzene rings is 2. The van der Waals surface area contributed by atoms with E-state index < -0.39 is 11.5 Å². The van der Waals surface area contributed by atoms with Gasteiger partial charge in [0, 0.05) is 51.9 Å². The zero-order valence-electron chi connectivity index (χ0n) is 27.1. The lowest BCUT2D eigenvalue weighted by atomic mass is 9.75. The number of likely N-dealkylation sites (tertiary alicyclic amines) is 2. The molecule has 0 saturated carbocycles. The lowest BCUT2D eigenvalue weighted by Gasteiger charge is -2.41. The molecule has 3 saturated heterocycles. The van der Waals surface area contributed by atoms with Crippen LogP contribution < -0.4 is 10.6 Å². The Kier molecular flexibility index (Phi) is 10.9. The minimum Gasteiger partial charge on any atom is -0.381 e. The maximum absolute atomic E-state index is 13.9. The van der Waals surface area contributed by atoms with Gasteiger partial charge >= 0.3 is 0 Å². The molecule has 4 aliphatic heterocycles. The average Bonchev–Trinajstić information content (AvgIpc) is 3.08. The SMILES string of the molecule is O=C1N[C@@H]2CCN(CC(=O)N3CCC(Cc4ccccc4)CC3)C[C@@H]2C/C=C/CC2(CCOCC2)C(=O)N[C@H]1Cc1ccccc1. The summed E-state index contributed by atoms with van der Waals surface area (Å²) >= 11 is 0. The highest BCUT2D eigenvalue weighted by Gasteiger charge is 2.41. The van der Waals surface area contributed by atoms with Crippen LogP contribution in [0.1, 0.15) is 56.1 Å². The summed E-state index contributed by atoms with van der Waals surface area (Å²) < 4.78 is 5.63. The highest BCUT2D eigenvalue weighted by molar-refractivity contribution is 5.90. The van der Waals surface area contributed by atoms with Crippen LogP contribution in [0.15, 0.2) is 72.8 Å². The summed E-state index contributed by atoms with van der Waals surface area (Å²) in [6.45, 7) is 4.72. The highest BCUT2D eigenvalue weighted by atomic mass is 16.5. The van der Waals surface area contributed by atoms with Crippen molar-refractivity contribution in [1.29, 1.82) is 0 Å². The fraction of sp³-hybridized carbons (Fsp3) is 0.553. The van der Waals surface area contributed by atoms with Crippen molar-refractivity contribution in [1.82, 2.24) is 20.4 Å². The van der Waals surface area contributed by atoms with E-state index >= 15 is 0 Å². The molecule has 8 heteroatoms. The molecule has 3 atom stereocenters. The highest BCUT2D eigenvalue weighted by Crippen LogP contribution is 2.36. The summed E-state index contributed by atoms with van der Waals surface area (Å²) in [5, 5.41) is 6.52. The van der Waals surface area contributed by atoms with Crippen LogP contribution in [0.5, 0.6) is 0 Å². The van der Waals surface area contributed by atoms with Crippen molar-refractivity contribution in [2.24, 2.45) is 17.3 Å². The summed E-state index contributed by atoms with van der Waals surface area (Å²) in [6, 6.07) is 19.9. The first kappa shape index (κ1) is 32.5. The minimum absolute atomic E-state index is 0.0103. The Morgan fingerprint density at radius 2 is 1.50 bits per heavy atom. The Labute approximate surface area is 273 Å². The Bertz CT molecular complexity index is 1330. The van der Waals surface area contributed by atoms with Crippen molar-refractivity contribution < 1.29 is 19.1 Å². The van der Waals surface area contributed by atoms with E-state index in [0.717, 1.165) is 63.8 Å². The number of nitrogens with zero attached hydrogens (tertiary/aromatic N) is 2. The Hall–Kier alpha value is -3.49. The standard InChI is InChI=1S/C38H50N4O4/c43-35(42-21-14-31(15-22-42)25-29-9-3-1-4-10-29)28-41-20-16-33-32(27-41)13-7-8-17-38(18-23-46-24-19-38)37(45)40-34(36(44)39-33)26-30-11-5-2-6-12-30/h1-12,31-34H,13-28H2,(H,39,44)(H,40,45)/b8-7+/t32-,33+,34-/m0/s1. The number of allylic oxidation sites excluding steroid dienone is 2. The van der Waals surface area contributed by atoms with E-state index in [-0.39, 0.29) is 29.7 Å². The van der Waals surface area contributed by atoms with Gasteiger partial charge in [0.15, 0.2) is 0 Å². The molecule has 0 unspecified atom stereocenters. The molecule has 246 valence electrons. The van der Waals surface area contributed by atoms with Gasteiger partial charge in [-0.15, -0.1) is 0 Å². The molecule has 2 N–H and O–H groups in total. The van der Waals surface area contributed by atoms with E-state index in [9.17, 15) is 14.4 Å². The van der Waals surface area contributed by atoms with Crippen molar-refractivity contribution >= 4 is 17.7 Å². The van der Waals surface area contributed by atoms with Crippen LogP contribution in [0.4, 0.5) is 0 Å². The van der Waals surface area contributed by atoms with Crippen LogP contribution in [-0.2, 0) is 32.0 Å². The van der Waals surface area contributed by atoms with E-state index in [1.165, 1.54) is 5.56 Å². The molecule has 0 bridgehead atoms. The molecular weight excluding hydrogens is 576 g/mol. The molecule has 8 nitrogen and oxygen atoms in total. The molecule has 3 fully saturated rings. The summed E-state index contributed by atoms with van der Waals surface area (Å²) in [4.78, 5) is 45.4. The van der Waals surface area contributed by atoms with Gasteiger partial charge in [0.05, 0.1) is 12.0 Å². The number of hydrogen-bond acceptors (Lipinski definition) is 5. The Balaban J connectivity index is 1.09. The fourth-order valence-corrected chi connectivity index (χ4v) is 7.82. The zero-order chi connectivity index (χ0) is 31.8. The number of nitrogens with one attached hydrogen (secondary N) is 2. The number of carbonyl (C=O) groups is 3. The lowest BCUT2D eigenvalue weighted by Crippen LogP contribution is -2.58. The molecule has 2 aromatic rings. The molecule has 6 rings (SSSR count). The van der Waals surface area contributed by atoms with E-state index in [1.807, 2.05) is 30.3 Å². The maximum atomic E-state index is 13.9. The normalized spacial score (nSPS) is 27.0. The number of ether oxygens (including phenoxy) is 1. The number of rotatable bonds is 6. The third-order valence-electron chi connectivity index (χ3n) is 10.8. The molecule has 0 aromatic heterocycles. The summed E-state index contributed by atoms with van der Waals surface area (Å²) in [5.41, 5.74) is 1.83. The van der Waals surface area contributed by atoms with Crippen LogP contribution in [0.25, 0.3) is 0 Å². The minimum atomic E-state index is -0.650. The topological polar surface area (TPSA) is 91.0 Å². The van der Waals surface area contributed by atoms with Gasteiger partial charge < -0.3 is 20.3 Å². The molecule has 46 heavy (non-hydrogen) atoms. The second kappa shape index (κ2) is 15.4. The van der Waals surface area contributed by atoms with Crippen molar-refractivity contribution in [2.75, 3.05) is 45.9 Å². The Morgan fingerprint density at radius 3 is 2.20 bits per heavy atom. The van der Waals surface area contributed by atoms with E-state index in [4.69, 9.17) is 4.74 Å². The molecule has 2 aromatic carbocycles. The number of carbonyl (C=O) groups excluding carboxylic acids is 3. The first-order valence-electron chi connectivity index (χ1n) is 17.4. The average molecular weight is 627 g/mol. The van der Waals surface area contributed by atoms with Gasteiger partial charge in [-0.05, 0) is 74.3 Å². The fourth-order valence-electron chi connectivity index (χ4n) is 7.82. The molecule has 0 aliphatic carbocycles. The van der Waals surface area contributed by atoms with Crippen LogP contribution in [0, 0.1) is 17.3 Å². The van der Waals surface area contributed by atoms with E-state index in [2.05, 4.69) is 62.9 Å². The van der Waals surface area contributed by atoms with Crippen molar-refractivity contribution in [3.8, 4) is 0 Å². The van der Waals surface area contributed by atoms with Gasteiger partial charge in [-0.2, -0.15) is 0 Å². The largest absolute Gasteiger partial charge is 0.381 e. The lowest BCUT2D eigenvalue weighted by molar-refractivity contribution is -0.140. The van der Waals surface area contributed by atoms with Gasteiger partial charge in [-0.25, -0.2) is 0 Å². The molecule has 4 heterocycles. The molecule has 0 radical (unpaired) electrons. The summed E-state index contributed by atoms with van der Waals surface area (Å²) in [6.07, 6.45) is 11.5. The van der Waals surface area contributed by atoms with Crippen LogP contribution in [0.3, 0.4) is 0 Å². The molecule has 1 spiro atoms. The smallest absolute Gasteiger partial charge is 0.243 e. The van der Waals surface area contributed by atoms with Crippen LogP contribution in [0.2, 0.25) is 0 Å². The number of fused-ring (bicyclic) bond motifs is 1. The quantitative estimate of drug-likeness (QED) is 0.471. The predicted octanol–water partition coefficient (Wildman–Crippen LogP) is 4.15. The van der Waals surface area contributed by atoms with Gasteiger partial charge in [0.2, 0.25) is 17.7 Å². The predicted molar refractivity (Wildman–Crippen MR) is 179 cm³/mol. The van der Waals surface area contributed by atoms with Gasteiger partial charge in [-0.1, -0.05) is 72.8 Å². The Morgan fingerprint density at radius 1 is 0.826 bits per heavy atom.